The van der Waals surface area contributed by atoms with E-state index >= 15 is 0 Å². The van der Waals surface area contributed by atoms with Crippen LogP contribution in [-0.4, -0.2) is 19.6 Å². The summed E-state index contributed by atoms with van der Waals surface area (Å²) in [6.45, 7) is 4.16. The Bertz CT molecular complexity index is 514. The van der Waals surface area contributed by atoms with Crippen LogP contribution in [0.4, 0.5) is 0 Å². The fraction of sp³-hybridized carbons (Fsp3) is 0.455. The van der Waals surface area contributed by atoms with Gasteiger partial charge in [-0.1, -0.05) is 0 Å². The number of aromatic nitrogens is 4. The first-order chi connectivity index (χ1) is 8.00. The van der Waals surface area contributed by atoms with Gasteiger partial charge in [0, 0.05) is 24.8 Å². The molecular formula is C11H16BrN5. The molecule has 0 bridgehead atoms. The molecule has 2 heterocycles. The van der Waals surface area contributed by atoms with E-state index in [1.165, 1.54) is 0 Å². The lowest BCUT2D eigenvalue weighted by atomic mass is 10.1. The van der Waals surface area contributed by atoms with Crippen LogP contribution in [0.3, 0.4) is 0 Å². The maximum atomic E-state index is 6.27. The van der Waals surface area contributed by atoms with Gasteiger partial charge in [-0.25, -0.2) is 0 Å². The van der Waals surface area contributed by atoms with Crippen molar-refractivity contribution >= 4 is 15.9 Å². The topological polar surface area (TPSA) is 61.7 Å². The van der Waals surface area contributed by atoms with Gasteiger partial charge in [0.15, 0.2) is 0 Å². The van der Waals surface area contributed by atoms with Crippen LogP contribution in [0.1, 0.15) is 37.2 Å². The van der Waals surface area contributed by atoms with Gasteiger partial charge in [-0.05, 0) is 29.8 Å². The van der Waals surface area contributed by atoms with Crippen molar-refractivity contribution in [3.8, 4) is 0 Å². The minimum Gasteiger partial charge on any atom is -0.319 e. The summed E-state index contributed by atoms with van der Waals surface area (Å²) in [7, 11) is 1.88. The van der Waals surface area contributed by atoms with E-state index in [9.17, 15) is 0 Å². The van der Waals surface area contributed by atoms with E-state index in [4.69, 9.17) is 5.73 Å². The molecule has 0 radical (unpaired) electrons. The number of rotatable bonds is 3. The van der Waals surface area contributed by atoms with Crippen LogP contribution in [0.5, 0.6) is 0 Å². The SMILES string of the molecule is CC(C)n1ncc(Br)c1C(N)c1cnn(C)c1. The minimum absolute atomic E-state index is 0.219. The highest BCUT2D eigenvalue weighted by molar-refractivity contribution is 9.10. The Morgan fingerprint density at radius 2 is 2.00 bits per heavy atom. The molecule has 0 saturated carbocycles. The van der Waals surface area contributed by atoms with Crippen LogP contribution in [-0.2, 0) is 7.05 Å². The summed E-state index contributed by atoms with van der Waals surface area (Å²) in [6.07, 6.45) is 5.50. The first-order valence-corrected chi connectivity index (χ1v) is 6.27. The maximum Gasteiger partial charge on any atom is 0.0765 e. The van der Waals surface area contributed by atoms with Crippen molar-refractivity contribution in [3.63, 3.8) is 0 Å². The molecule has 0 aliphatic carbocycles. The second kappa shape index (κ2) is 4.62. The van der Waals surface area contributed by atoms with Gasteiger partial charge in [-0.15, -0.1) is 0 Å². The van der Waals surface area contributed by atoms with E-state index in [2.05, 4.69) is 40.0 Å². The van der Waals surface area contributed by atoms with Gasteiger partial charge >= 0.3 is 0 Å². The third-order valence-electron chi connectivity index (χ3n) is 2.65. The molecule has 0 fully saturated rings. The van der Waals surface area contributed by atoms with Gasteiger partial charge in [-0.2, -0.15) is 10.2 Å². The molecule has 5 nitrogen and oxygen atoms in total. The van der Waals surface area contributed by atoms with Crippen LogP contribution in [0, 0.1) is 0 Å². The zero-order chi connectivity index (χ0) is 12.6. The Morgan fingerprint density at radius 3 is 2.53 bits per heavy atom. The van der Waals surface area contributed by atoms with Crippen LogP contribution in [0.15, 0.2) is 23.1 Å². The Hall–Kier alpha value is -1.14. The number of nitrogens with two attached hydrogens (primary N) is 1. The first kappa shape index (κ1) is 12.3. The van der Waals surface area contributed by atoms with Crippen molar-refractivity contribution in [2.24, 2.45) is 12.8 Å². The van der Waals surface area contributed by atoms with Crippen molar-refractivity contribution in [1.29, 1.82) is 0 Å². The molecule has 2 rings (SSSR count). The highest BCUT2D eigenvalue weighted by Gasteiger charge is 2.20. The van der Waals surface area contributed by atoms with Crippen LogP contribution >= 0.6 is 15.9 Å². The zero-order valence-corrected chi connectivity index (χ0v) is 11.7. The highest BCUT2D eigenvalue weighted by Crippen LogP contribution is 2.28. The van der Waals surface area contributed by atoms with Gasteiger partial charge < -0.3 is 5.73 Å². The Labute approximate surface area is 109 Å². The molecule has 2 aromatic rings. The highest BCUT2D eigenvalue weighted by atomic mass is 79.9. The van der Waals surface area contributed by atoms with Crippen LogP contribution < -0.4 is 5.73 Å². The quantitative estimate of drug-likeness (QED) is 0.943. The van der Waals surface area contributed by atoms with E-state index in [0.29, 0.717) is 0 Å². The van der Waals surface area contributed by atoms with Gasteiger partial charge in [0.05, 0.1) is 28.6 Å². The molecule has 0 aromatic carbocycles. The molecule has 2 N–H and O–H groups in total. The molecule has 6 heteroatoms. The summed E-state index contributed by atoms with van der Waals surface area (Å²) in [5, 5.41) is 8.47. The standard InChI is InChI=1S/C11H16BrN5/c1-7(2)17-11(9(12)5-15-17)10(13)8-4-14-16(3)6-8/h4-7,10H,13H2,1-3H3. The average Bonchev–Trinajstić information content (AvgIpc) is 2.83. The van der Waals surface area contributed by atoms with Crippen molar-refractivity contribution in [1.82, 2.24) is 19.6 Å². The first-order valence-electron chi connectivity index (χ1n) is 5.47. The lowest BCUT2D eigenvalue weighted by Crippen LogP contribution is -2.18. The predicted octanol–water partition coefficient (Wildman–Crippen LogP) is 2.01. The Morgan fingerprint density at radius 1 is 1.29 bits per heavy atom. The van der Waals surface area contributed by atoms with E-state index < -0.39 is 0 Å². The van der Waals surface area contributed by atoms with E-state index in [-0.39, 0.29) is 12.1 Å². The smallest absolute Gasteiger partial charge is 0.0765 e. The molecule has 0 aliphatic heterocycles. The fourth-order valence-electron chi connectivity index (χ4n) is 1.81. The van der Waals surface area contributed by atoms with Crippen molar-refractivity contribution in [3.05, 3.63) is 34.3 Å². The van der Waals surface area contributed by atoms with E-state index in [0.717, 1.165) is 15.7 Å². The van der Waals surface area contributed by atoms with Gasteiger partial charge in [0.25, 0.3) is 0 Å². The van der Waals surface area contributed by atoms with Crippen LogP contribution in [0.2, 0.25) is 0 Å². The lowest BCUT2D eigenvalue weighted by Gasteiger charge is -2.16. The molecule has 92 valence electrons. The molecule has 1 atom stereocenters. The summed E-state index contributed by atoms with van der Waals surface area (Å²) in [4.78, 5) is 0. The van der Waals surface area contributed by atoms with E-state index in [1.54, 1.807) is 17.1 Å². The number of hydrogen-bond acceptors (Lipinski definition) is 3. The molecule has 0 spiro atoms. The van der Waals surface area contributed by atoms with Gasteiger partial charge in [0.2, 0.25) is 0 Å². The van der Waals surface area contributed by atoms with Crippen LogP contribution in [0.25, 0.3) is 0 Å². The molecule has 0 saturated heterocycles. The summed E-state index contributed by atoms with van der Waals surface area (Å²) in [5.41, 5.74) is 8.23. The molecule has 1 unspecified atom stereocenters. The molecule has 17 heavy (non-hydrogen) atoms. The molecule has 0 aliphatic rings. The summed E-state index contributed by atoms with van der Waals surface area (Å²) in [5.74, 6) is 0. The van der Waals surface area contributed by atoms with Gasteiger partial charge in [-0.3, -0.25) is 9.36 Å². The monoisotopic (exact) mass is 297 g/mol. The second-order valence-corrected chi connectivity index (χ2v) is 5.20. The number of nitrogens with zero attached hydrogens (tertiary/aromatic N) is 4. The number of aryl methyl sites for hydroxylation is 1. The maximum absolute atomic E-state index is 6.27. The molecular weight excluding hydrogens is 282 g/mol. The molecule has 0 amide bonds. The zero-order valence-electron chi connectivity index (χ0n) is 10.1. The number of halogens is 1. The predicted molar refractivity (Wildman–Crippen MR) is 69.6 cm³/mol. The Kier molecular flexibility index (Phi) is 3.35. The summed E-state index contributed by atoms with van der Waals surface area (Å²) >= 11 is 3.50. The minimum atomic E-state index is -0.219. The second-order valence-electron chi connectivity index (χ2n) is 4.34. The van der Waals surface area contributed by atoms with Crippen molar-refractivity contribution in [2.75, 3.05) is 0 Å². The summed E-state index contributed by atoms with van der Waals surface area (Å²) < 4.78 is 4.61. The Balaban J connectivity index is 2.43. The largest absolute Gasteiger partial charge is 0.319 e. The average molecular weight is 298 g/mol. The third kappa shape index (κ3) is 2.28. The normalized spacial score (nSPS) is 13.3. The van der Waals surface area contributed by atoms with Crippen molar-refractivity contribution in [2.45, 2.75) is 25.9 Å². The van der Waals surface area contributed by atoms with Crippen molar-refractivity contribution < 1.29 is 0 Å². The third-order valence-corrected chi connectivity index (χ3v) is 3.27. The van der Waals surface area contributed by atoms with Gasteiger partial charge in [0.1, 0.15) is 0 Å². The molecule has 2 aromatic heterocycles. The summed E-state index contributed by atoms with van der Waals surface area (Å²) in [6, 6.07) is 0.0574. The number of hydrogen-bond donors (Lipinski definition) is 1. The van der Waals surface area contributed by atoms with E-state index in [1.807, 2.05) is 17.9 Å². The fourth-order valence-corrected chi connectivity index (χ4v) is 2.33. The lowest BCUT2D eigenvalue weighted by molar-refractivity contribution is 0.498.